The monoisotopic (exact) mass is 408 g/mol. The lowest BCUT2D eigenvalue weighted by atomic mass is 10.1. The van der Waals surface area contributed by atoms with E-state index in [9.17, 15) is 4.79 Å². The molecule has 1 amide bonds. The lowest BCUT2D eigenvalue weighted by molar-refractivity contribution is 0.0627. The van der Waals surface area contributed by atoms with Crippen molar-refractivity contribution < 1.29 is 9.53 Å². The normalized spacial score (nSPS) is 14.8. The van der Waals surface area contributed by atoms with E-state index in [0.717, 1.165) is 68.5 Å². The van der Waals surface area contributed by atoms with E-state index in [2.05, 4.69) is 31.6 Å². The highest BCUT2D eigenvalue weighted by Gasteiger charge is 2.23. The van der Waals surface area contributed by atoms with Crippen molar-refractivity contribution >= 4 is 5.91 Å². The number of hydrogen-bond donors (Lipinski definition) is 1. The molecule has 0 aliphatic carbocycles. The summed E-state index contributed by atoms with van der Waals surface area (Å²) in [6.45, 7) is 7.21. The van der Waals surface area contributed by atoms with Crippen LogP contribution in [0.1, 0.15) is 23.2 Å². The van der Waals surface area contributed by atoms with Gasteiger partial charge in [0.1, 0.15) is 17.3 Å². The van der Waals surface area contributed by atoms with Crippen LogP contribution in [-0.2, 0) is 13.0 Å². The molecule has 1 aliphatic heterocycles. The first-order valence-electron chi connectivity index (χ1n) is 10.4. The van der Waals surface area contributed by atoms with Gasteiger partial charge in [-0.1, -0.05) is 19.1 Å². The molecule has 1 aliphatic rings. The van der Waals surface area contributed by atoms with Crippen molar-refractivity contribution in [2.75, 3.05) is 39.8 Å². The van der Waals surface area contributed by atoms with Crippen molar-refractivity contribution in [2.45, 2.75) is 19.9 Å². The number of carbonyl (C=O) groups excluding carboxylic acids is 1. The van der Waals surface area contributed by atoms with Gasteiger partial charge in [0.2, 0.25) is 0 Å². The minimum absolute atomic E-state index is 0.000764. The molecule has 30 heavy (non-hydrogen) atoms. The van der Waals surface area contributed by atoms with Crippen LogP contribution in [0.4, 0.5) is 0 Å². The zero-order valence-corrected chi connectivity index (χ0v) is 17.5. The second-order valence-electron chi connectivity index (χ2n) is 7.42. The summed E-state index contributed by atoms with van der Waals surface area (Å²) in [6, 6.07) is 9.48. The SMILES string of the molecule is CCc1nccn1CCN1CCN(C(=O)c2cc(-c3cccc(OC)c3)n[nH]2)CC1. The number of aromatic amines is 1. The van der Waals surface area contributed by atoms with Gasteiger partial charge in [0.25, 0.3) is 5.91 Å². The molecule has 1 aromatic carbocycles. The Morgan fingerprint density at radius 1 is 1.17 bits per heavy atom. The van der Waals surface area contributed by atoms with Gasteiger partial charge in [0.05, 0.1) is 12.8 Å². The van der Waals surface area contributed by atoms with E-state index >= 15 is 0 Å². The van der Waals surface area contributed by atoms with Crippen LogP contribution < -0.4 is 4.74 Å². The fraction of sp³-hybridized carbons (Fsp3) is 0.409. The topological polar surface area (TPSA) is 79.3 Å². The number of hydrogen-bond acceptors (Lipinski definition) is 5. The number of aromatic nitrogens is 4. The predicted octanol–water partition coefficient (Wildman–Crippen LogP) is 2.30. The Bertz CT molecular complexity index is 987. The molecule has 0 radical (unpaired) electrons. The van der Waals surface area contributed by atoms with Gasteiger partial charge in [-0.2, -0.15) is 5.10 Å². The van der Waals surface area contributed by atoms with Gasteiger partial charge >= 0.3 is 0 Å². The predicted molar refractivity (Wildman–Crippen MR) is 115 cm³/mol. The van der Waals surface area contributed by atoms with Crippen LogP contribution in [0.5, 0.6) is 5.75 Å². The van der Waals surface area contributed by atoms with Crippen LogP contribution in [0, 0.1) is 0 Å². The molecule has 2 aromatic heterocycles. The van der Waals surface area contributed by atoms with E-state index < -0.39 is 0 Å². The highest BCUT2D eigenvalue weighted by Crippen LogP contribution is 2.23. The third-order valence-electron chi connectivity index (χ3n) is 5.61. The summed E-state index contributed by atoms with van der Waals surface area (Å²) in [5.74, 6) is 1.88. The first kappa shape index (κ1) is 20.2. The summed E-state index contributed by atoms with van der Waals surface area (Å²) < 4.78 is 7.48. The first-order valence-corrected chi connectivity index (χ1v) is 10.4. The van der Waals surface area contributed by atoms with Gasteiger partial charge < -0.3 is 14.2 Å². The van der Waals surface area contributed by atoms with Crippen molar-refractivity contribution in [2.24, 2.45) is 0 Å². The molecule has 1 saturated heterocycles. The number of aryl methyl sites for hydroxylation is 1. The summed E-state index contributed by atoms with van der Waals surface area (Å²) in [6.07, 6.45) is 4.84. The number of nitrogens with one attached hydrogen (secondary N) is 1. The molecule has 4 rings (SSSR count). The minimum atomic E-state index is -0.000764. The lowest BCUT2D eigenvalue weighted by Gasteiger charge is -2.34. The first-order chi connectivity index (χ1) is 14.7. The highest BCUT2D eigenvalue weighted by atomic mass is 16.5. The fourth-order valence-electron chi connectivity index (χ4n) is 3.81. The van der Waals surface area contributed by atoms with Crippen molar-refractivity contribution in [3.63, 3.8) is 0 Å². The van der Waals surface area contributed by atoms with Crippen LogP contribution in [0.25, 0.3) is 11.3 Å². The third-order valence-corrected chi connectivity index (χ3v) is 5.61. The number of piperazine rings is 1. The van der Waals surface area contributed by atoms with E-state index in [4.69, 9.17) is 4.74 Å². The summed E-state index contributed by atoms with van der Waals surface area (Å²) in [7, 11) is 1.64. The quantitative estimate of drug-likeness (QED) is 0.649. The molecule has 0 atom stereocenters. The average Bonchev–Trinajstić information content (AvgIpc) is 3.47. The van der Waals surface area contributed by atoms with Crippen LogP contribution >= 0.6 is 0 Å². The number of benzene rings is 1. The van der Waals surface area contributed by atoms with Crippen LogP contribution in [0.3, 0.4) is 0 Å². The molecular formula is C22H28N6O2. The number of methoxy groups -OCH3 is 1. The molecule has 1 N–H and O–H groups in total. The van der Waals surface area contributed by atoms with E-state index in [0.29, 0.717) is 5.69 Å². The number of nitrogens with zero attached hydrogens (tertiary/aromatic N) is 5. The number of imidazole rings is 1. The summed E-state index contributed by atoms with van der Waals surface area (Å²) in [5.41, 5.74) is 2.18. The molecule has 3 aromatic rings. The zero-order chi connectivity index (χ0) is 20.9. The lowest BCUT2D eigenvalue weighted by Crippen LogP contribution is -2.49. The Kier molecular flexibility index (Phi) is 6.13. The maximum atomic E-state index is 12.9. The van der Waals surface area contributed by atoms with Crippen molar-refractivity contribution in [3.05, 3.63) is 54.2 Å². The molecule has 0 saturated carbocycles. The van der Waals surface area contributed by atoms with Crippen molar-refractivity contribution in [1.82, 2.24) is 29.5 Å². The number of rotatable bonds is 7. The molecule has 1 fully saturated rings. The van der Waals surface area contributed by atoms with Gasteiger partial charge in [0, 0.05) is 63.6 Å². The molecule has 0 bridgehead atoms. The van der Waals surface area contributed by atoms with Crippen LogP contribution in [0.15, 0.2) is 42.7 Å². The van der Waals surface area contributed by atoms with Gasteiger partial charge in [-0.25, -0.2) is 4.98 Å². The Balaban J connectivity index is 1.32. The molecule has 0 unspecified atom stereocenters. The van der Waals surface area contributed by atoms with Gasteiger partial charge in [-0.3, -0.25) is 14.8 Å². The summed E-state index contributed by atoms with van der Waals surface area (Å²) in [4.78, 5) is 21.6. The number of ether oxygens (including phenoxy) is 1. The van der Waals surface area contributed by atoms with Crippen molar-refractivity contribution in [3.8, 4) is 17.0 Å². The summed E-state index contributed by atoms with van der Waals surface area (Å²) >= 11 is 0. The zero-order valence-electron chi connectivity index (χ0n) is 17.5. The number of amides is 1. The standard InChI is InChI=1S/C22H28N6O2/c1-3-21-23-7-8-27(21)12-9-26-10-13-28(14-11-26)22(29)20-16-19(24-25-20)17-5-4-6-18(15-17)30-2/h4-8,15-16H,3,9-14H2,1-2H3,(H,24,25). The highest BCUT2D eigenvalue weighted by molar-refractivity contribution is 5.93. The van der Waals surface area contributed by atoms with Crippen LogP contribution in [-0.4, -0.2) is 75.3 Å². The van der Waals surface area contributed by atoms with Gasteiger partial charge in [-0.15, -0.1) is 0 Å². The smallest absolute Gasteiger partial charge is 0.271 e. The maximum absolute atomic E-state index is 12.9. The molecule has 8 nitrogen and oxygen atoms in total. The fourth-order valence-corrected chi connectivity index (χ4v) is 3.81. The molecule has 0 spiro atoms. The molecule has 8 heteroatoms. The Morgan fingerprint density at radius 2 is 2.00 bits per heavy atom. The molecule has 158 valence electrons. The second-order valence-corrected chi connectivity index (χ2v) is 7.42. The largest absolute Gasteiger partial charge is 0.497 e. The maximum Gasteiger partial charge on any atom is 0.271 e. The van der Waals surface area contributed by atoms with Gasteiger partial charge in [0.15, 0.2) is 0 Å². The third kappa shape index (κ3) is 4.38. The van der Waals surface area contributed by atoms with E-state index in [1.165, 1.54) is 0 Å². The second kappa shape index (κ2) is 9.13. The van der Waals surface area contributed by atoms with E-state index in [1.54, 1.807) is 7.11 Å². The van der Waals surface area contributed by atoms with E-state index in [-0.39, 0.29) is 5.91 Å². The van der Waals surface area contributed by atoms with Crippen molar-refractivity contribution in [1.29, 1.82) is 0 Å². The average molecular weight is 409 g/mol. The van der Waals surface area contributed by atoms with E-state index in [1.807, 2.05) is 47.6 Å². The Morgan fingerprint density at radius 3 is 2.77 bits per heavy atom. The van der Waals surface area contributed by atoms with Gasteiger partial charge in [-0.05, 0) is 18.2 Å². The number of H-pyrrole nitrogens is 1. The molecular weight excluding hydrogens is 380 g/mol. The Labute approximate surface area is 176 Å². The summed E-state index contributed by atoms with van der Waals surface area (Å²) in [5, 5.41) is 7.22. The molecule has 3 heterocycles. The Hall–Kier alpha value is -3.13. The van der Waals surface area contributed by atoms with Crippen LogP contribution in [0.2, 0.25) is 0 Å². The number of carbonyl (C=O) groups is 1. The minimum Gasteiger partial charge on any atom is -0.497 e.